The number of thiophene rings is 1. The van der Waals surface area contributed by atoms with Gasteiger partial charge in [-0.05, 0) is 11.4 Å². The van der Waals surface area contributed by atoms with Crippen molar-refractivity contribution in [2.75, 3.05) is 6.54 Å². The average Bonchev–Trinajstić information content (AvgIpc) is 3.29. The van der Waals surface area contributed by atoms with Gasteiger partial charge in [0.15, 0.2) is 5.69 Å². The van der Waals surface area contributed by atoms with Gasteiger partial charge in [0.2, 0.25) is 0 Å². The highest BCUT2D eigenvalue weighted by atomic mass is 32.1. The van der Waals surface area contributed by atoms with Crippen LogP contribution >= 0.6 is 11.3 Å². The predicted molar refractivity (Wildman–Crippen MR) is 83.9 cm³/mol. The topological polar surface area (TPSA) is 109 Å². The van der Waals surface area contributed by atoms with Crippen molar-refractivity contribution >= 4 is 17.2 Å². The number of aromatic amines is 1. The van der Waals surface area contributed by atoms with Gasteiger partial charge in [-0.1, -0.05) is 11.3 Å². The highest BCUT2D eigenvalue weighted by Gasteiger charge is 2.14. The van der Waals surface area contributed by atoms with Gasteiger partial charge in [0.1, 0.15) is 6.10 Å². The van der Waals surface area contributed by atoms with Crippen LogP contribution in [0.4, 0.5) is 0 Å². The van der Waals surface area contributed by atoms with Gasteiger partial charge in [-0.2, -0.15) is 0 Å². The Bertz CT molecular complexity index is 737. The molecule has 0 bridgehead atoms. The zero-order valence-corrected chi connectivity index (χ0v) is 13.0. The first-order valence-corrected chi connectivity index (χ1v) is 7.97. The van der Waals surface area contributed by atoms with Crippen LogP contribution in [0.5, 0.6) is 0 Å². The number of aliphatic hydroxyl groups excluding tert-OH is 1. The van der Waals surface area contributed by atoms with E-state index in [1.165, 1.54) is 22.2 Å². The molecule has 3 aromatic rings. The monoisotopic (exact) mass is 332 g/mol. The lowest BCUT2D eigenvalue weighted by molar-refractivity contribution is 0.0948. The molecule has 0 aliphatic rings. The minimum absolute atomic E-state index is 0.230. The van der Waals surface area contributed by atoms with E-state index in [2.05, 4.69) is 25.6 Å². The van der Waals surface area contributed by atoms with E-state index in [-0.39, 0.29) is 18.1 Å². The van der Waals surface area contributed by atoms with Crippen LogP contribution in [-0.2, 0) is 13.0 Å². The Kier molecular flexibility index (Phi) is 4.79. The van der Waals surface area contributed by atoms with Gasteiger partial charge in [0.25, 0.3) is 5.91 Å². The number of aromatic nitrogens is 5. The zero-order chi connectivity index (χ0) is 16.1. The first-order valence-electron chi connectivity index (χ1n) is 7.09. The van der Waals surface area contributed by atoms with Gasteiger partial charge in [-0.15, -0.1) is 16.4 Å². The molecule has 0 aliphatic heterocycles. The molecule has 3 N–H and O–H groups in total. The molecule has 0 radical (unpaired) electrons. The third kappa shape index (κ3) is 4.02. The molecule has 0 aromatic carbocycles. The van der Waals surface area contributed by atoms with Crippen molar-refractivity contribution < 1.29 is 9.90 Å². The van der Waals surface area contributed by atoms with Gasteiger partial charge in [-0.25, -0.2) is 9.67 Å². The van der Waals surface area contributed by atoms with Crippen LogP contribution in [0.2, 0.25) is 0 Å². The fourth-order valence-corrected chi connectivity index (χ4v) is 2.77. The summed E-state index contributed by atoms with van der Waals surface area (Å²) in [4.78, 5) is 19.7. The molecule has 1 amide bonds. The first-order chi connectivity index (χ1) is 11.2. The van der Waals surface area contributed by atoms with E-state index in [4.69, 9.17) is 0 Å². The van der Waals surface area contributed by atoms with E-state index >= 15 is 0 Å². The molecule has 0 aliphatic carbocycles. The fraction of sp³-hybridized carbons (Fsp3) is 0.286. The molecule has 3 heterocycles. The van der Waals surface area contributed by atoms with Crippen molar-refractivity contribution in [1.29, 1.82) is 0 Å². The van der Waals surface area contributed by atoms with Crippen molar-refractivity contribution in [3.63, 3.8) is 0 Å². The minimum Gasteiger partial charge on any atom is -0.386 e. The molecule has 3 aromatic heterocycles. The highest BCUT2D eigenvalue weighted by Crippen LogP contribution is 2.19. The molecule has 9 heteroatoms. The largest absolute Gasteiger partial charge is 0.386 e. The molecule has 120 valence electrons. The maximum atomic E-state index is 12.0. The summed E-state index contributed by atoms with van der Waals surface area (Å²) in [7, 11) is 0. The fourth-order valence-electron chi connectivity index (χ4n) is 2.06. The quantitative estimate of drug-likeness (QED) is 0.592. The Balaban J connectivity index is 1.50. The van der Waals surface area contributed by atoms with Gasteiger partial charge in [-0.3, -0.25) is 4.79 Å². The van der Waals surface area contributed by atoms with E-state index in [9.17, 15) is 9.90 Å². The van der Waals surface area contributed by atoms with Gasteiger partial charge < -0.3 is 15.4 Å². The summed E-state index contributed by atoms with van der Waals surface area (Å²) in [5, 5.41) is 22.5. The van der Waals surface area contributed by atoms with Crippen LogP contribution in [0.25, 0.3) is 0 Å². The normalized spacial score (nSPS) is 12.2. The molecule has 0 fully saturated rings. The smallest absolute Gasteiger partial charge is 0.273 e. The Morgan fingerprint density at radius 3 is 3.17 bits per heavy atom. The number of nitrogens with one attached hydrogen (secondary N) is 2. The van der Waals surface area contributed by atoms with Crippen molar-refractivity contribution in [1.82, 2.24) is 30.3 Å². The molecule has 1 atom stereocenters. The number of hydrogen-bond donors (Lipinski definition) is 3. The number of amides is 1. The lowest BCUT2D eigenvalue weighted by Gasteiger charge is -2.07. The average molecular weight is 332 g/mol. The van der Waals surface area contributed by atoms with E-state index in [0.717, 1.165) is 10.6 Å². The van der Waals surface area contributed by atoms with Crippen LogP contribution in [0.1, 0.15) is 27.2 Å². The van der Waals surface area contributed by atoms with Crippen LogP contribution < -0.4 is 5.32 Å². The van der Waals surface area contributed by atoms with Crippen molar-refractivity contribution in [3.8, 4) is 0 Å². The number of imidazole rings is 1. The predicted octanol–water partition coefficient (Wildman–Crippen LogP) is 0.769. The number of hydrogen-bond acceptors (Lipinski definition) is 6. The van der Waals surface area contributed by atoms with Gasteiger partial charge in [0.05, 0.1) is 19.1 Å². The van der Waals surface area contributed by atoms with Crippen molar-refractivity contribution in [2.24, 2.45) is 0 Å². The summed E-state index contributed by atoms with van der Waals surface area (Å²) >= 11 is 1.47. The third-order valence-corrected chi connectivity index (χ3v) is 4.21. The number of carbonyl (C=O) groups is 1. The zero-order valence-electron chi connectivity index (χ0n) is 12.2. The summed E-state index contributed by atoms with van der Waals surface area (Å²) in [6.45, 7) is 0.737. The summed E-state index contributed by atoms with van der Waals surface area (Å²) in [6.07, 6.45) is 4.85. The summed E-state index contributed by atoms with van der Waals surface area (Å²) in [6, 6.07) is 3.73. The molecule has 0 saturated heterocycles. The Morgan fingerprint density at radius 2 is 2.43 bits per heavy atom. The van der Waals surface area contributed by atoms with Crippen LogP contribution in [0.3, 0.4) is 0 Å². The maximum Gasteiger partial charge on any atom is 0.273 e. The molecule has 8 nitrogen and oxygen atoms in total. The second-order valence-electron chi connectivity index (χ2n) is 4.94. The Morgan fingerprint density at radius 1 is 1.52 bits per heavy atom. The lowest BCUT2D eigenvalue weighted by Crippen LogP contribution is -2.26. The minimum atomic E-state index is -0.659. The molecule has 0 spiro atoms. The number of carbonyl (C=O) groups excluding carboxylic acids is 1. The lowest BCUT2D eigenvalue weighted by atomic mass is 10.3. The second-order valence-corrected chi connectivity index (χ2v) is 5.92. The number of H-pyrrole nitrogens is 1. The second kappa shape index (κ2) is 7.16. The standard InChI is InChI=1S/C14H16N6O2S/c21-12(13-2-1-5-23-13)8-20-7-11(18-19-20)14(22)16-4-3-10-6-15-9-17-10/h1-2,5-7,9,12,21H,3-4,8H2,(H,15,17)(H,16,22)/t12-/m0/s1. The number of rotatable bonds is 7. The summed E-state index contributed by atoms with van der Waals surface area (Å²) < 4.78 is 1.47. The Hall–Kier alpha value is -2.52. The van der Waals surface area contributed by atoms with E-state index in [1.807, 2.05) is 17.5 Å². The molecule has 23 heavy (non-hydrogen) atoms. The van der Waals surface area contributed by atoms with Gasteiger partial charge >= 0.3 is 0 Å². The van der Waals surface area contributed by atoms with Crippen molar-refractivity contribution in [3.05, 3.63) is 52.5 Å². The van der Waals surface area contributed by atoms with Gasteiger partial charge in [0, 0.05) is 29.7 Å². The van der Waals surface area contributed by atoms with Crippen molar-refractivity contribution in [2.45, 2.75) is 19.1 Å². The molecule has 0 unspecified atom stereocenters. The number of aliphatic hydroxyl groups is 1. The SMILES string of the molecule is O=C(NCCc1cnc[nH]1)c1cn(C[C@H](O)c2cccs2)nn1. The molecule has 3 rings (SSSR count). The number of nitrogens with zero attached hydrogens (tertiary/aromatic N) is 4. The first kappa shape index (κ1) is 15.4. The molecule has 0 saturated carbocycles. The van der Waals surface area contributed by atoms with E-state index in [1.54, 1.807) is 12.5 Å². The highest BCUT2D eigenvalue weighted by molar-refractivity contribution is 7.10. The molecular formula is C14H16N6O2S. The third-order valence-electron chi connectivity index (χ3n) is 3.24. The maximum absolute atomic E-state index is 12.0. The summed E-state index contributed by atoms with van der Waals surface area (Å²) in [5.74, 6) is -0.290. The van der Waals surface area contributed by atoms with E-state index < -0.39 is 6.10 Å². The Labute approximate surface area is 136 Å². The van der Waals surface area contributed by atoms with E-state index in [0.29, 0.717) is 13.0 Å². The molecular weight excluding hydrogens is 316 g/mol. The summed E-state index contributed by atoms with van der Waals surface area (Å²) in [5.41, 5.74) is 1.18. The van der Waals surface area contributed by atoms with Crippen LogP contribution in [0.15, 0.2) is 36.2 Å². The van der Waals surface area contributed by atoms with Crippen LogP contribution in [0, 0.1) is 0 Å². The van der Waals surface area contributed by atoms with Crippen LogP contribution in [-0.4, -0.2) is 42.5 Å².